The van der Waals surface area contributed by atoms with Crippen LogP contribution in [0.4, 0.5) is 0 Å². The Balaban J connectivity index is 2.01. The van der Waals surface area contributed by atoms with Gasteiger partial charge in [-0.2, -0.15) is 0 Å². The molecule has 1 aliphatic carbocycles. The highest BCUT2D eigenvalue weighted by molar-refractivity contribution is 7.90. The fourth-order valence-corrected chi connectivity index (χ4v) is 3.08. The van der Waals surface area contributed by atoms with Crippen LogP contribution in [0.25, 0.3) is 0 Å². The number of benzene rings is 1. The third-order valence-corrected chi connectivity index (χ3v) is 4.94. The van der Waals surface area contributed by atoms with Gasteiger partial charge < -0.3 is 5.32 Å². The van der Waals surface area contributed by atoms with Gasteiger partial charge in [0.05, 0.1) is 10.9 Å². The van der Waals surface area contributed by atoms with Gasteiger partial charge in [0.25, 0.3) is 0 Å². The van der Waals surface area contributed by atoms with Crippen LogP contribution in [-0.4, -0.2) is 20.6 Å². The zero-order chi connectivity index (χ0) is 15.5. The molecular weight excluding hydrogens is 286 g/mol. The number of nitrogens with one attached hydrogen (secondary N) is 1. The van der Waals surface area contributed by atoms with Crippen molar-refractivity contribution in [3.8, 4) is 0 Å². The van der Waals surface area contributed by atoms with E-state index in [9.17, 15) is 13.2 Å². The average Bonchev–Trinajstić information content (AvgIpc) is 2.47. The third kappa shape index (κ3) is 4.17. The van der Waals surface area contributed by atoms with Crippen molar-refractivity contribution >= 4 is 15.7 Å². The quantitative estimate of drug-likeness (QED) is 0.870. The van der Waals surface area contributed by atoms with E-state index in [1.165, 1.54) is 6.26 Å². The summed E-state index contributed by atoms with van der Waals surface area (Å²) in [5, 5.41) is 3.00. The Labute approximate surface area is 126 Å². The first kappa shape index (κ1) is 15.8. The molecule has 4 nitrogen and oxygen atoms in total. The van der Waals surface area contributed by atoms with Crippen LogP contribution in [0.5, 0.6) is 0 Å². The zero-order valence-electron chi connectivity index (χ0n) is 12.4. The Bertz CT molecular complexity index is 632. The molecule has 1 N–H and O–H groups in total. The molecule has 0 fully saturated rings. The molecule has 1 aromatic rings. The van der Waals surface area contributed by atoms with Crippen LogP contribution >= 0.6 is 0 Å². The molecule has 0 saturated heterocycles. The summed E-state index contributed by atoms with van der Waals surface area (Å²) in [6, 6.07) is 6.54. The Morgan fingerprint density at radius 1 is 1.24 bits per heavy atom. The summed E-state index contributed by atoms with van der Waals surface area (Å²) in [5.41, 5.74) is 0.905. The predicted molar refractivity (Wildman–Crippen MR) is 82.6 cm³/mol. The number of hydrogen-bond acceptors (Lipinski definition) is 3. The van der Waals surface area contributed by atoms with Crippen molar-refractivity contribution in [2.24, 2.45) is 5.92 Å². The maximum atomic E-state index is 12.2. The first-order valence-corrected chi connectivity index (χ1v) is 9.02. The van der Waals surface area contributed by atoms with Gasteiger partial charge in [-0.1, -0.05) is 24.3 Å². The minimum atomic E-state index is -3.18. The number of amides is 1. The molecule has 0 aliphatic heterocycles. The van der Waals surface area contributed by atoms with E-state index in [4.69, 9.17) is 0 Å². The predicted octanol–water partition coefficient (Wildman–Crippen LogP) is 2.62. The van der Waals surface area contributed by atoms with Crippen LogP contribution in [-0.2, 0) is 14.6 Å². The van der Waals surface area contributed by atoms with E-state index in [-0.39, 0.29) is 17.9 Å². The van der Waals surface area contributed by atoms with E-state index in [0.717, 1.165) is 24.8 Å². The molecule has 0 spiro atoms. The normalized spacial score (nSPS) is 20.0. The molecule has 0 heterocycles. The molecule has 0 radical (unpaired) electrons. The maximum absolute atomic E-state index is 12.2. The standard InChI is InChI=1S/C16H21NO3S/c1-12(17-16(18)14-6-4-3-5-7-14)13-8-10-15(11-9-13)21(2,19)20/h3-4,8-12,14H,5-7H2,1-2H3,(H,17,18)/t12-,14-/m1/s1. The SMILES string of the molecule is C[C@@H](NC(=O)[C@@H]1CC=CCC1)c1ccc(S(C)(=O)=O)cc1. The lowest BCUT2D eigenvalue weighted by Gasteiger charge is -2.21. The minimum Gasteiger partial charge on any atom is -0.349 e. The van der Waals surface area contributed by atoms with Gasteiger partial charge in [0, 0.05) is 12.2 Å². The second kappa shape index (κ2) is 6.43. The summed E-state index contributed by atoms with van der Waals surface area (Å²) in [4.78, 5) is 12.5. The monoisotopic (exact) mass is 307 g/mol. The molecular formula is C16H21NO3S. The van der Waals surface area contributed by atoms with Gasteiger partial charge in [-0.15, -0.1) is 0 Å². The van der Waals surface area contributed by atoms with E-state index in [2.05, 4.69) is 17.5 Å². The molecule has 0 unspecified atom stereocenters. The van der Waals surface area contributed by atoms with Crippen molar-refractivity contribution in [2.75, 3.05) is 6.26 Å². The number of allylic oxidation sites excluding steroid dienone is 2. The zero-order valence-corrected chi connectivity index (χ0v) is 13.2. The van der Waals surface area contributed by atoms with Gasteiger partial charge in [0.1, 0.15) is 0 Å². The van der Waals surface area contributed by atoms with E-state index >= 15 is 0 Å². The van der Waals surface area contributed by atoms with Crippen molar-refractivity contribution in [3.05, 3.63) is 42.0 Å². The second-order valence-electron chi connectivity index (χ2n) is 5.55. The lowest BCUT2D eigenvalue weighted by molar-refractivity contribution is -0.125. The summed E-state index contributed by atoms with van der Waals surface area (Å²) in [5.74, 6) is 0.117. The molecule has 0 saturated carbocycles. The van der Waals surface area contributed by atoms with Crippen molar-refractivity contribution < 1.29 is 13.2 Å². The van der Waals surface area contributed by atoms with Crippen molar-refractivity contribution in [1.29, 1.82) is 0 Å². The van der Waals surface area contributed by atoms with Crippen molar-refractivity contribution in [2.45, 2.75) is 37.1 Å². The third-order valence-electron chi connectivity index (χ3n) is 3.81. The number of hydrogen-bond donors (Lipinski definition) is 1. The van der Waals surface area contributed by atoms with Crippen LogP contribution in [0, 0.1) is 5.92 Å². The largest absolute Gasteiger partial charge is 0.349 e. The summed E-state index contributed by atoms with van der Waals surface area (Å²) in [6.45, 7) is 1.91. The minimum absolute atomic E-state index is 0.0488. The van der Waals surface area contributed by atoms with Gasteiger partial charge in [0.15, 0.2) is 9.84 Å². The summed E-state index contributed by atoms with van der Waals surface area (Å²) < 4.78 is 22.8. The van der Waals surface area contributed by atoms with Gasteiger partial charge >= 0.3 is 0 Å². The number of carbonyl (C=O) groups excluding carboxylic acids is 1. The Morgan fingerprint density at radius 3 is 2.43 bits per heavy atom. The van der Waals surface area contributed by atoms with Crippen LogP contribution in [0.1, 0.15) is 37.8 Å². The first-order chi connectivity index (χ1) is 9.88. The van der Waals surface area contributed by atoms with E-state index in [1.54, 1.807) is 24.3 Å². The number of carbonyl (C=O) groups is 1. The first-order valence-electron chi connectivity index (χ1n) is 7.13. The molecule has 1 amide bonds. The van der Waals surface area contributed by atoms with Gasteiger partial charge in [-0.25, -0.2) is 8.42 Å². The molecule has 2 rings (SSSR count). The summed E-state index contributed by atoms with van der Waals surface area (Å²) >= 11 is 0. The van der Waals surface area contributed by atoms with Crippen LogP contribution < -0.4 is 5.32 Å². The van der Waals surface area contributed by atoms with E-state index in [0.29, 0.717) is 4.90 Å². The van der Waals surface area contributed by atoms with Crippen LogP contribution in [0.3, 0.4) is 0 Å². The molecule has 1 aromatic carbocycles. The smallest absolute Gasteiger partial charge is 0.223 e. The number of sulfone groups is 1. The molecule has 21 heavy (non-hydrogen) atoms. The molecule has 0 aromatic heterocycles. The lowest BCUT2D eigenvalue weighted by atomic mass is 9.93. The molecule has 0 bridgehead atoms. The average molecular weight is 307 g/mol. The highest BCUT2D eigenvalue weighted by atomic mass is 32.2. The topological polar surface area (TPSA) is 63.2 Å². The number of rotatable bonds is 4. The molecule has 1 aliphatic rings. The Morgan fingerprint density at radius 2 is 1.90 bits per heavy atom. The van der Waals surface area contributed by atoms with Crippen LogP contribution in [0.2, 0.25) is 0 Å². The summed E-state index contributed by atoms with van der Waals surface area (Å²) in [6.07, 6.45) is 7.99. The van der Waals surface area contributed by atoms with Crippen LogP contribution in [0.15, 0.2) is 41.3 Å². The molecule has 114 valence electrons. The van der Waals surface area contributed by atoms with Crippen molar-refractivity contribution in [1.82, 2.24) is 5.32 Å². The van der Waals surface area contributed by atoms with Crippen molar-refractivity contribution in [3.63, 3.8) is 0 Å². The maximum Gasteiger partial charge on any atom is 0.223 e. The fourth-order valence-electron chi connectivity index (χ4n) is 2.45. The summed E-state index contributed by atoms with van der Waals surface area (Å²) in [7, 11) is -3.18. The highest BCUT2D eigenvalue weighted by Gasteiger charge is 2.20. The van der Waals surface area contributed by atoms with Gasteiger partial charge in [-0.05, 0) is 43.9 Å². The highest BCUT2D eigenvalue weighted by Crippen LogP contribution is 2.21. The van der Waals surface area contributed by atoms with Gasteiger partial charge in [-0.3, -0.25) is 4.79 Å². The molecule has 5 heteroatoms. The lowest BCUT2D eigenvalue weighted by Crippen LogP contribution is -2.33. The fraction of sp³-hybridized carbons (Fsp3) is 0.438. The Kier molecular flexibility index (Phi) is 4.83. The van der Waals surface area contributed by atoms with E-state index < -0.39 is 9.84 Å². The molecule has 2 atom stereocenters. The van der Waals surface area contributed by atoms with E-state index in [1.807, 2.05) is 6.92 Å². The second-order valence-corrected chi connectivity index (χ2v) is 7.57. The van der Waals surface area contributed by atoms with Gasteiger partial charge in [0.2, 0.25) is 5.91 Å². The Hall–Kier alpha value is -1.62.